The van der Waals surface area contributed by atoms with Gasteiger partial charge in [0.2, 0.25) is 0 Å². The molecule has 1 N–H and O–H groups in total. The molecule has 194 valence electrons. The monoisotopic (exact) mass is 547 g/mol. The summed E-state index contributed by atoms with van der Waals surface area (Å²) in [5.41, 5.74) is 2.86. The molecule has 7 nitrogen and oxygen atoms in total. The first-order chi connectivity index (χ1) is 18.5. The van der Waals surface area contributed by atoms with Gasteiger partial charge in [-0.05, 0) is 35.4 Å². The molecule has 2 heterocycles. The highest BCUT2D eigenvalue weighted by Crippen LogP contribution is 2.40. The normalized spacial score (nSPS) is 17.7. The maximum atomic E-state index is 12.8. The van der Waals surface area contributed by atoms with E-state index in [1.807, 2.05) is 60.7 Å². The Hall–Kier alpha value is -3.82. The molecule has 9 heteroatoms. The molecule has 3 aromatic rings. The Morgan fingerprint density at radius 1 is 1.11 bits per heavy atom. The summed E-state index contributed by atoms with van der Waals surface area (Å²) in [6.07, 6.45) is 2.90. The summed E-state index contributed by atoms with van der Waals surface area (Å²) < 4.78 is 18.7. The molecule has 0 radical (unpaired) electrons. The van der Waals surface area contributed by atoms with E-state index in [0.717, 1.165) is 34.4 Å². The van der Waals surface area contributed by atoms with Gasteiger partial charge in [0.05, 0.1) is 18.1 Å². The zero-order chi connectivity index (χ0) is 26.5. The minimum atomic E-state index is -1.12. The number of carbonyl (C=O) groups excluding carboxylic acids is 1. The number of thioether (sulfide) groups is 1. The van der Waals surface area contributed by atoms with E-state index in [9.17, 15) is 9.59 Å². The largest absolute Gasteiger partial charge is 0.493 e. The zero-order valence-electron chi connectivity index (χ0n) is 20.4. The summed E-state index contributed by atoms with van der Waals surface area (Å²) in [4.78, 5) is 25.3. The third-order valence-corrected chi connectivity index (χ3v) is 7.47. The van der Waals surface area contributed by atoms with Crippen LogP contribution in [0.4, 0.5) is 0 Å². The fraction of sp³-hybridized carbons (Fsp3) is 0.207. The van der Waals surface area contributed by atoms with Crippen LogP contribution in [0, 0.1) is 0 Å². The van der Waals surface area contributed by atoms with Crippen LogP contribution >= 0.6 is 24.0 Å². The second kappa shape index (κ2) is 11.7. The van der Waals surface area contributed by atoms with Crippen LogP contribution < -0.4 is 14.2 Å². The van der Waals surface area contributed by atoms with Crippen molar-refractivity contribution in [2.75, 3.05) is 19.8 Å². The number of amides is 1. The lowest BCUT2D eigenvalue weighted by atomic mass is 10.0. The first kappa shape index (κ1) is 25.8. The number of carboxylic acid groups (broad SMARTS) is 1. The minimum absolute atomic E-state index is 0.222. The molecule has 1 atom stereocenters. The average Bonchev–Trinajstić information content (AvgIpc) is 3.17. The van der Waals surface area contributed by atoms with E-state index in [0.29, 0.717) is 41.6 Å². The first-order valence-electron chi connectivity index (χ1n) is 12.1. The summed E-state index contributed by atoms with van der Waals surface area (Å²) in [6.45, 7) is 0.545. The van der Waals surface area contributed by atoms with Crippen molar-refractivity contribution in [3.05, 3.63) is 94.4 Å². The Balaban J connectivity index is 1.41. The van der Waals surface area contributed by atoms with Crippen molar-refractivity contribution in [1.29, 1.82) is 0 Å². The molecule has 5 rings (SSSR count). The predicted molar refractivity (Wildman–Crippen MR) is 150 cm³/mol. The quantitative estimate of drug-likeness (QED) is 0.278. The summed E-state index contributed by atoms with van der Waals surface area (Å²) in [5, 5.41) is 9.10. The average molecular weight is 548 g/mol. The van der Waals surface area contributed by atoms with Crippen molar-refractivity contribution < 1.29 is 28.9 Å². The molecule has 1 fully saturated rings. The third kappa shape index (κ3) is 6.00. The number of fused-ring (bicyclic) bond motifs is 1. The molecule has 2 aliphatic heterocycles. The second-order valence-corrected chi connectivity index (χ2v) is 10.4. The molecule has 3 aromatic carbocycles. The number of aliphatic carboxylic acids is 1. The Morgan fingerprint density at radius 2 is 1.89 bits per heavy atom. The van der Waals surface area contributed by atoms with Gasteiger partial charge in [0.1, 0.15) is 22.7 Å². The van der Waals surface area contributed by atoms with Gasteiger partial charge in [-0.1, -0.05) is 78.6 Å². The van der Waals surface area contributed by atoms with E-state index in [-0.39, 0.29) is 10.4 Å². The van der Waals surface area contributed by atoms with Crippen molar-refractivity contribution in [3.8, 4) is 17.2 Å². The lowest BCUT2D eigenvalue weighted by Gasteiger charge is -2.27. The standard InChI is InChI=1S/C29H25NO6S2/c31-27(32)18-30-28(33)26(38-29(30)37)17-20-10-11-24(35-14-12-19-6-2-1-3-7-19)25(16-20)36-23-13-15-34-22-9-5-4-8-21(22)23/h1-11,16-17,23H,12-15,18H2,(H,31,32)/b26-17-. The van der Waals surface area contributed by atoms with E-state index in [4.69, 9.17) is 31.5 Å². The highest BCUT2D eigenvalue weighted by molar-refractivity contribution is 8.26. The second-order valence-electron chi connectivity index (χ2n) is 8.73. The van der Waals surface area contributed by atoms with E-state index >= 15 is 0 Å². The van der Waals surface area contributed by atoms with Gasteiger partial charge in [-0.25, -0.2) is 0 Å². The topological polar surface area (TPSA) is 85.3 Å². The molecular formula is C29H25NO6S2. The van der Waals surface area contributed by atoms with Gasteiger partial charge < -0.3 is 19.3 Å². The molecule has 0 aliphatic carbocycles. The molecule has 2 aliphatic rings. The maximum absolute atomic E-state index is 12.8. The Kier molecular flexibility index (Phi) is 7.95. The van der Waals surface area contributed by atoms with Crippen LogP contribution in [-0.4, -0.2) is 46.0 Å². The van der Waals surface area contributed by atoms with Gasteiger partial charge in [-0.15, -0.1) is 0 Å². The van der Waals surface area contributed by atoms with Gasteiger partial charge in [0, 0.05) is 18.4 Å². The summed E-state index contributed by atoms with van der Waals surface area (Å²) in [6, 6.07) is 23.4. The summed E-state index contributed by atoms with van der Waals surface area (Å²) in [5.74, 6) is 0.405. The van der Waals surface area contributed by atoms with Crippen molar-refractivity contribution in [3.63, 3.8) is 0 Å². The lowest BCUT2D eigenvalue weighted by Crippen LogP contribution is -2.33. The number of thiocarbonyl (C=S) groups is 1. The fourth-order valence-corrected chi connectivity index (χ4v) is 5.51. The van der Waals surface area contributed by atoms with Crippen LogP contribution in [0.5, 0.6) is 17.2 Å². The number of hydrogen-bond donors (Lipinski definition) is 1. The molecule has 38 heavy (non-hydrogen) atoms. The van der Waals surface area contributed by atoms with Crippen molar-refractivity contribution in [1.82, 2.24) is 4.90 Å². The molecule has 1 saturated heterocycles. The number of nitrogens with zero attached hydrogens (tertiary/aromatic N) is 1. The third-order valence-electron chi connectivity index (χ3n) is 6.10. The van der Waals surface area contributed by atoms with Crippen molar-refractivity contribution in [2.45, 2.75) is 18.9 Å². The zero-order valence-corrected chi connectivity index (χ0v) is 22.0. The number of para-hydroxylation sites is 1. The number of rotatable bonds is 9. The molecule has 1 unspecified atom stereocenters. The van der Waals surface area contributed by atoms with Crippen LogP contribution in [0.25, 0.3) is 6.08 Å². The van der Waals surface area contributed by atoms with Crippen LogP contribution in [0.3, 0.4) is 0 Å². The Labute approximate surface area is 230 Å². The van der Waals surface area contributed by atoms with Crippen LogP contribution in [-0.2, 0) is 16.0 Å². The Morgan fingerprint density at radius 3 is 2.71 bits per heavy atom. The fourth-order valence-electron chi connectivity index (χ4n) is 4.26. The van der Waals surface area contributed by atoms with Crippen LogP contribution in [0.2, 0.25) is 0 Å². The lowest BCUT2D eigenvalue weighted by molar-refractivity contribution is -0.140. The van der Waals surface area contributed by atoms with E-state index < -0.39 is 18.4 Å². The Bertz CT molecular complexity index is 1390. The van der Waals surface area contributed by atoms with E-state index in [1.165, 1.54) is 5.56 Å². The summed E-state index contributed by atoms with van der Waals surface area (Å²) in [7, 11) is 0. The summed E-state index contributed by atoms with van der Waals surface area (Å²) >= 11 is 6.30. The molecule has 0 saturated carbocycles. The van der Waals surface area contributed by atoms with Gasteiger partial charge >= 0.3 is 5.97 Å². The number of hydrogen-bond acceptors (Lipinski definition) is 7. The van der Waals surface area contributed by atoms with Crippen LogP contribution in [0.1, 0.15) is 29.2 Å². The van der Waals surface area contributed by atoms with Gasteiger partial charge in [0.25, 0.3) is 5.91 Å². The SMILES string of the molecule is O=C(O)CN1C(=O)/C(=C/c2ccc(OCCc3ccccc3)c(OC3CCOc4ccccc43)c2)SC1=S. The molecule has 0 bridgehead atoms. The highest BCUT2D eigenvalue weighted by atomic mass is 32.2. The van der Waals surface area contributed by atoms with Crippen molar-refractivity contribution >= 4 is 46.3 Å². The number of benzene rings is 3. The number of carboxylic acids is 1. The van der Waals surface area contributed by atoms with Gasteiger partial charge in [-0.2, -0.15) is 0 Å². The van der Waals surface area contributed by atoms with E-state index in [2.05, 4.69) is 12.1 Å². The number of ether oxygens (including phenoxy) is 3. The maximum Gasteiger partial charge on any atom is 0.323 e. The highest BCUT2D eigenvalue weighted by Gasteiger charge is 2.33. The molecule has 0 aromatic heterocycles. The molecular weight excluding hydrogens is 522 g/mol. The first-order valence-corrected chi connectivity index (χ1v) is 13.4. The minimum Gasteiger partial charge on any atom is -0.493 e. The molecule has 0 spiro atoms. The smallest absolute Gasteiger partial charge is 0.323 e. The predicted octanol–water partition coefficient (Wildman–Crippen LogP) is 5.50. The van der Waals surface area contributed by atoms with Gasteiger partial charge in [0.15, 0.2) is 11.5 Å². The van der Waals surface area contributed by atoms with Crippen molar-refractivity contribution in [2.24, 2.45) is 0 Å². The molecule has 1 amide bonds. The number of carbonyl (C=O) groups is 2. The van der Waals surface area contributed by atoms with Crippen LogP contribution in [0.15, 0.2) is 77.7 Å². The van der Waals surface area contributed by atoms with E-state index in [1.54, 1.807) is 6.08 Å². The van der Waals surface area contributed by atoms with Gasteiger partial charge in [-0.3, -0.25) is 14.5 Å².